The highest BCUT2D eigenvalue weighted by Crippen LogP contribution is 2.31. The van der Waals surface area contributed by atoms with Crippen molar-refractivity contribution in [1.82, 2.24) is 0 Å². The Morgan fingerprint density at radius 3 is 2.68 bits per heavy atom. The SMILES string of the molecule is CCOc1ccc(C(=O)Nc2ccc(N3CCOCC3)c(Cl)c2)cc1[N+](=O)[O-]. The van der Waals surface area contributed by atoms with Crippen LogP contribution in [0, 0.1) is 10.1 Å². The average Bonchev–Trinajstić information content (AvgIpc) is 2.69. The summed E-state index contributed by atoms with van der Waals surface area (Å²) in [7, 11) is 0. The summed E-state index contributed by atoms with van der Waals surface area (Å²) in [6.45, 7) is 4.81. The summed E-state index contributed by atoms with van der Waals surface area (Å²) in [5.41, 5.74) is 1.28. The van der Waals surface area contributed by atoms with Gasteiger partial charge in [0, 0.05) is 30.4 Å². The zero-order valence-electron chi connectivity index (χ0n) is 15.3. The first kappa shape index (κ1) is 19.9. The number of carbonyl (C=O) groups is 1. The molecular formula is C19H20ClN3O5. The number of halogens is 1. The smallest absolute Gasteiger partial charge is 0.311 e. The molecule has 1 saturated heterocycles. The molecule has 1 aliphatic heterocycles. The van der Waals surface area contributed by atoms with Gasteiger partial charge in [0.2, 0.25) is 0 Å². The van der Waals surface area contributed by atoms with Gasteiger partial charge in [0.05, 0.1) is 35.5 Å². The fourth-order valence-electron chi connectivity index (χ4n) is 2.93. The summed E-state index contributed by atoms with van der Waals surface area (Å²) in [4.78, 5) is 25.3. The van der Waals surface area contributed by atoms with Crippen LogP contribution < -0.4 is 15.0 Å². The van der Waals surface area contributed by atoms with E-state index in [1.807, 2.05) is 6.07 Å². The van der Waals surface area contributed by atoms with Crippen molar-refractivity contribution in [1.29, 1.82) is 0 Å². The molecule has 1 amide bonds. The number of ether oxygens (including phenoxy) is 2. The minimum absolute atomic E-state index is 0.127. The van der Waals surface area contributed by atoms with E-state index in [1.165, 1.54) is 18.2 Å². The monoisotopic (exact) mass is 405 g/mol. The van der Waals surface area contributed by atoms with E-state index in [0.717, 1.165) is 18.8 Å². The van der Waals surface area contributed by atoms with Gasteiger partial charge in [-0.1, -0.05) is 11.6 Å². The van der Waals surface area contributed by atoms with Crippen LogP contribution in [0.25, 0.3) is 0 Å². The molecule has 1 heterocycles. The summed E-state index contributed by atoms with van der Waals surface area (Å²) in [5, 5.41) is 14.5. The minimum atomic E-state index is -0.574. The van der Waals surface area contributed by atoms with Crippen molar-refractivity contribution in [2.24, 2.45) is 0 Å². The van der Waals surface area contributed by atoms with Crippen molar-refractivity contribution in [2.45, 2.75) is 6.92 Å². The number of benzene rings is 2. The van der Waals surface area contributed by atoms with Crippen LogP contribution >= 0.6 is 11.6 Å². The lowest BCUT2D eigenvalue weighted by Gasteiger charge is -2.29. The van der Waals surface area contributed by atoms with Gasteiger partial charge in [0.15, 0.2) is 5.75 Å². The highest BCUT2D eigenvalue weighted by Gasteiger charge is 2.19. The van der Waals surface area contributed by atoms with E-state index in [1.54, 1.807) is 19.1 Å². The van der Waals surface area contributed by atoms with Gasteiger partial charge in [-0.05, 0) is 37.3 Å². The third-order valence-electron chi connectivity index (χ3n) is 4.27. The predicted molar refractivity (Wildman–Crippen MR) is 107 cm³/mol. The molecule has 1 fully saturated rings. The number of morpholine rings is 1. The predicted octanol–water partition coefficient (Wildman–Crippen LogP) is 3.74. The molecule has 28 heavy (non-hydrogen) atoms. The Balaban J connectivity index is 1.76. The summed E-state index contributed by atoms with van der Waals surface area (Å²) in [6, 6.07) is 9.35. The minimum Gasteiger partial charge on any atom is -0.487 e. The van der Waals surface area contributed by atoms with Gasteiger partial charge in [0.25, 0.3) is 5.91 Å². The van der Waals surface area contributed by atoms with Crippen LogP contribution in [-0.2, 0) is 4.74 Å². The molecule has 0 spiro atoms. The largest absolute Gasteiger partial charge is 0.487 e. The second-order valence-corrected chi connectivity index (χ2v) is 6.50. The van der Waals surface area contributed by atoms with E-state index in [9.17, 15) is 14.9 Å². The van der Waals surface area contributed by atoms with Crippen LogP contribution in [0.15, 0.2) is 36.4 Å². The summed E-state index contributed by atoms with van der Waals surface area (Å²) >= 11 is 6.37. The second kappa shape index (κ2) is 8.90. The number of anilines is 2. The van der Waals surface area contributed by atoms with E-state index in [4.69, 9.17) is 21.1 Å². The molecule has 2 aromatic rings. The molecule has 148 valence electrons. The van der Waals surface area contributed by atoms with Gasteiger partial charge in [0.1, 0.15) is 0 Å². The Kier molecular flexibility index (Phi) is 6.33. The zero-order chi connectivity index (χ0) is 20.1. The first-order valence-corrected chi connectivity index (χ1v) is 9.22. The number of nitrogens with one attached hydrogen (secondary N) is 1. The summed E-state index contributed by atoms with van der Waals surface area (Å²) < 4.78 is 10.6. The highest BCUT2D eigenvalue weighted by atomic mass is 35.5. The number of hydrogen-bond donors (Lipinski definition) is 1. The van der Waals surface area contributed by atoms with Crippen molar-refractivity contribution >= 4 is 34.6 Å². The fraction of sp³-hybridized carbons (Fsp3) is 0.316. The van der Waals surface area contributed by atoms with E-state index < -0.39 is 10.8 Å². The van der Waals surface area contributed by atoms with Crippen LogP contribution in [0.5, 0.6) is 5.75 Å². The maximum absolute atomic E-state index is 12.5. The van der Waals surface area contributed by atoms with E-state index in [-0.39, 0.29) is 17.0 Å². The summed E-state index contributed by atoms with van der Waals surface area (Å²) in [5.74, 6) is -0.344. The maximum atomic E-state index is 12.5. The molecular weight excluding hydrogens is 386 g/mol. The lowest BCUT2D eigenvalue weighted by atomic mass is 10.1. The molecule has 0 aliphatic carbocycles. The molecule has 0 atom stereocenters. The normalized spacial score (nSPS) is 13.9. The Bertz CT molecular complexity index is 884. The van der Waals surface area contributed by atoms with Gasteiger partial charge < -0.3 is 19.7 Å². The molecule has 0 unspecified atom stereocenters. The lowest BCUT2D eigenvalue weighted by Crippen LogP contribution is -2.36. The fourth-order valence-corrected chi connectivity index (χ4v) is 3.23. The molecule has 1 aliphatic rings. The Labute approximate surface area is 167 Å². The number of amides is 1. The molecule has 0 aromatic heterocycles. The number of nitrogens with zero attached hydrogens (tertiary/aromatic N) is 2. The number of nitro groups is 1. The van der Waals surface area contributed by atoms with Crippen LogP contribution in [0.2, 0.25) is 5.02 Å². The lowest BCUT2D eigenvalue weighted by molar-refractivity contribution is -0.385. The Morgan fingerprint density at radius 2 is 2.04 bits per heavy atom. The van der Waals surface area contributed by atoms with Crippen molar-refractivity contribution in [3.05, 3.63) is 57.1 Å². The standard InChI is InChI=1S/C19H20ClN3O5/c1-2-28-18-6-3-13(11-17(18)23(25)26)19(24)21-14-4-5-16(15(20)12-14)22-7-9-27-10-8-22/h3-6,11-12H,2,7-10H2,1H3,(H,21,24). The van der Waals surface area contributed by atoms with E-state index in [2.05, 4.69) is 10.2 Å². The van der Waals surface area contributed by atoms with Crippen LogP contribution in [0.1, 0.15) is 17.3 Å². The molecule has 2 aromatic carbocycles. The molecule has 0 saturated carbocycles. The molecule has 0 radical (unpaired) electrons. The number of hydrogen-bond acceptors (Lipinski definition) is 6. The van der Waals surface area contributed by atoms with Crippen molar-refractivity contribution < 1.29 is 19.2 Å². The molecule has 0 bridgehead atoms. The molecule has 8 nitrogen and oxygen atoms in total. The van der Waals surface area contributed by atoms with Crippen LogP contribution in [0.3, 0.4) is 0 Å². The van der Waals surface area contributed by atoms with Crippen LogP contribution in [-0.4, -0.2) is 43.7 Å². The van der Waals surface area contributed by atoms with Crippen molar-refractivity contribution in [3.8, 4) is 5.75 Å². The summed E-state index contributed by atoms with van der Waals surface area (Å²) in [6.07, 6.45) is 0. The van der Waals surface area contributed by atoms with Crippen molar-refractivity contribution in [3.63, 3.8) is 0 Å². The zero-order valence-corrected chi connectivity index (χ0v) is 16.1. The average molecular weight is 406 g/mol. The third-order valence-corrected chi connectivity index (χ3v) is 4.58. The third kappa shape index (κ3) is 4.52. The van der Waals surface area contributed by atoms with Crippen molar-refractivity contribution in [2.75, 3.05) is 43.1 Å². The number of nitro benzene ring substituents is 1. The second-order valence-electron chi connectivity index (χ2n) is 6.09. The van der Waals surface area contributed by atoms with Gasteiger partial charge >= 0.3 is 5.69 Å². The maximum Gasteiger partial charge on any atom is 0.311 e. The Hall–Kier alpha value is -2.84. The first-order chi connectivity index (χ1) is 13.5. The number of rotatable bonds is 6. The van der Waals surface area contributed by atoms with Gasteiger partial charge in [-0.15, -0.1) is 0 Å². The first-order valence-electron chi connectivity index (χ1n) is 8.84. The quantitative estimate of drug-likeness (QED) is 0.581. The topological polar surface area (TPSA) is 93.9 Å². The molecule has 9 heteroatoms. The van der Waals surface area contributed by atoms with E-state index in [0.29, 0.717) is 30.5 Å². The van der Waals surface area contributed by atoms with Gasteiger partial charge in [-0.2, -0.15) is 0 Å². The Morgan fingerprint density at radius 1 is 1.29 bits per heavy atom. The van der Waals surface area contributed by atoms with Gasteiger partial charge in [-0.25, -0.2) is 0 Å². The molecule has 3 rings (SSSR count). The van der Waals surface area contributed by atoms with Gasteiger partial charge in [-0.3, -0.25) is 14.9 Å². The molecule has 1 N–H and O–H groups in total. The van der Waals surface area contributed by atoms with Crippen LogP contribution in [0.4, 0.5) is 17.1 Å². The number of carbonyl (C=O) groups excluding carboxylic acids is 1. The van der Waals surface area contributed by atoms with E-state index >= 15 is 0 Å². The highest BCUT2D eigenvalue weighted by molar-refractivity contribution is 6.33.